The van der Waals surface area contributed by atoms with Gasteiger partial charge in [-0.1, -0.05) is 32.0 Å². The van der Waals surface area contributed by atoms with Crippen LogP contribution in [0.5, 0.6) is 0 Å². The molecule has 6 heteroatoms. The summed E-state index contributed by atoms with van der Waals surface area (Å²) in [5.74, 6) is 0.319. The Morgan fingerprint density at radius 1 is 1.11 bits per heavy atom. The topological polar surface area (TPSA) is 66.5 Å². The zero-order chi connectivity index (χ0) is 20.3. The van der Waals surface area contributed by atoms with Crippen LogP contribution in [0.25, 0.3) is 0 Å². The van der Waals surface area contributed by atoms with E-state index in [-0.39, 0.29) is 17.2 Å². The van der Waals surface area contributed by atoms with Crippen LogP contribution in [0, 0.1) is 6.92 Å². The largest absolute Gasteiger partial charge is 0.378 e. The van der Waals surface area contributed by atoms with Crippen LogP contribution in [0.1, 0.15) is 54.1 Å². The first kappa shape index (κ1) is 20.6. The summed E-state index contributed by atoms with van der Waals surface area (Å²) in [6.45, 7) is 7.59. The van der Waals surface area contributed by atoms with Crippen molar-refractivity contribution < 1.29 is 13.2 Å². The average molecular weight is 401 g/mol. The van der Waals surface area contributed by atoms with Crippen LogP contribution in [0.2, 0.25) is 0 Å². The Labute approximate surface area is 167 Å². The highest BCUT2D eigenvalue weighted by Crippen LogP contribution is 2.23. The number of aryl methyl sites for hydroxylation is 1. The zero-order valence-corrected chi connectivity index (χ0v) is 17.6. The van der Waals surface area contributed by atoms with E-state index in [1.807, 2.05) is 12.1 Å². The molecule has 3 rings (SSSR count). The molecule has 0 radical (unpaired) electrons. The van der Waals surface area contributed by atoms with E-state index in [9.17, 15) is 13.2 Å². The van der Waals surface area contributed by atoms with Gasteiger partial charge in [-0.2, -0.15) is 4.31 Å². The van der Waals surface area contributed by atoms with Crippen LogP contribution in [-0.4, -0.2) is 38.1 Å². The van der Waals surface area contributed by atoms with Gasteiger partial charge in [0, 0.05) is 24.3 Å². The standard InChI is InChI=1S/C22H28N2O3S/c1-16(2)21-10-9-19(13-17(21)3)23-15-22(25)18-7-6-8-20(14-18)28(26,27)24-11-4-5-12-24/h6-10,13-14,16,23H,4-5,11-12,15H2,1-3H3. The lowest BCUT2D eigenvalue weighted by atomic mass is 9.97. The summed E-state index contributed by atoms with van der Waals surface area (Å²) in [5, 5.41) is 3.15. The second-order valence-electron chi connectivity index (χ2n) is 7.64. The van der Waals surface area contributed by atoms with Gasteiger partial charge in [0.2, 0.25) is 10.0 Å². The molecule has 0 aromatic heterocycles. The molecular weight excluding hydrogens is 372 g/mol. The minimum Gasteiger partial charge on any atom is -0.378 e. The predicted octanol–water partition coefficient (Wildman–Crippen LogP) is 4.20. The molecule has 1 N–H and O–H groups in total. The van der Waals surface area contributed by atoms with E-state index in [1.165, 1.54) is 21.5 Å². The van der Waals surface area contributed by atoms with E-state index < -0.39 is 10.0 Å². The van der Waals surface area contributed by atoms with Crippen LogP contribution in [0.4, 0.5) is 5.69 Å². The fraction of sp³-hybridized carbons (Fsp3) is 0.409. The minimum absolute atomic E-state index is 0.119. The first-order chi connectivity index (χ1) is 13.3. The monoisotopic (exact) mass is 400 g/mol. The maximum Gasteiger partial charge on any atom is 0.243 e. The number of nitrogens with zero attached hydrogens (tertiary/aromatic N) is 1. The van der Waals surface area contributed by atoms with Crippen LogP contribution >= 0.6 is 0 Å². The zero-order valence-electron chi connectivity index (χ0n) is 16.7. The number of Topliss-reactive ketones (excluding diaryl/α,β-unsaturated/α-hetero) is 1. The van der Waals surface area contributed by atoms with Gasteiger partial charge in [-0.15, -0.1) is 0 Å². The number of hydrogen-bond acceptors (Lipinski definition) is 4. The molecule has 1 aliphatic heterocycles. The van der Waals surface area contributed by atoms with Crippen molar-refractivity contribution in [3.63, 3.8) is 0 Å². The fourth-order valence-corrected chi connectivity index (χ4v) is 5.19. The Morgan fingerprint density at radius 2 is 1.82 bits per heavy atom. The lowest BCUT2D eigenvalue weighted by Gasteiger charge is -2.16. The van der Waals surface area contributed by atoms with E-state index in [1.54, 1.807) is 18.2 Å². The van der Waals surface area contributed by atoms with Crippen molar-refractivity contribution in [1.82, 2.24) is 4.31 Å². The molecule has 0 atom stereocenters. The number of nitrogens with one attached hydrogen (secondary N) is 1. The molecule has 0 spiro atoms. The summed E-state index contributed by atoms with van der Waals surface area (Å²) >= 11 is 0. The molecule has 0 aliphatic carbocycles. The quantitative estimate of drug-likeness (QED) is 0.708. The number of carbonyl (C=O) groups excluding carboxylic acids is 1. The molecule has 2 aromatic carbocycles. The van der Waals surface area contributed by atoms with Crippen molar-refractivity contribution in [3.8, 4) is 0 Å². The molecule has 150 valence electrons. The third-order valence-corrected chi connectivity index (χ3v) is 7.10. The van der Waals surface area contributed by atoms with E-state index in [0.29, 0.717) is 24.6 Å². The number of anilines is 1. The molecule has 1 saturated heterocycles. The van der Waals surface area contributed by atoms with Gasteiger partial charge >= 0.3 is 0 Å². The molecule has 0 amide bonds. The molecule has 1 aliphatic rings. The summed E-state index contributed by atoms with van der Waals surface area (Å²) in [6.07, 6.45) is 1.77. The Hall–Kier alpha value is -2.18. The summed E-state index contributed by atoms with van der Waals surface area (Å²) in [5.41, 5.74) is 3.77. The van der Waals surface area contributed by atoms with Crippen molar-refractivity contribution >= 4 is 21.5 Å². The molecule has 5 nitrogen and oxygen atoms in total. The first-order valence-corrected chi connectivity index (χ1v) is 11.2. The number of hydrogen-bond donors (Lipinski definition) is 1. The van der Waals surface area contributed by atoms with Gasteiger partial charge in [0.25, 0.3) is 0 Å². The highest BCUT2D eigenvalue weighted by atomic mass is 32.2. The maximum absolute atomic E-state index is 12.7. The number of ketones is 1. The lowest BCUT2D eigenvalue weighted by Crippen LogP contribution is -2.28. The fourth-order valence-electron chi connectivity index (χ4n) is 3.63. The average Bonchev–Trinajstić information content (AvgIpc) is 3.21. The number of carbonyl (C=O) groups is 1. The van der Waals surface area contributed by atoms with Crippen molar-refractivity contribution in [2.75, 3.05) is 25.0 Å². The van der Waals surface area contributed by atoms with Crippen molar-refractivity contribution in [1.29, 1.82) is 0 Å². The van der Waals surface area contributed by atoms with Crippen LogP contribution in [-0.2, 0) is 10.0 Å². The summed E-state index contributed by atoms with van der Waals surface area (Å²) in [4.78, 5) is 12.8. The number of sulfonamides is 1. The smallest absolute Gasteiger partial charge is 0.243 e. The van der Waals surface area contributed by atoms with Crippen molar-refractivity contribution in [2.45, 2.75) is 44.4 Å². The Kier molecular flexibility index (Phi) is 6.20. The van der Waals surface area contributed by atoms with Gasteiger partial charge in [-0.05, 0) is 61.1 Å². The molecule has 28 heavy (non-hydrogen) atoms. The van der Waals surface area contributed by atoms with E-state index in [2.05, 4.69) is 32.2 Å². The van der Waals surface area contributed by atoms with Crippen LogP contribution < -0.4 is 5.32 Å². The highest BCUT2D eigenvalue weighted by molar-refractivity contribution is 7.89. The van der Waals surface area contributed by atoms with Gasteiger partial charge < -0.3 is 5.32 Å². The van der Waals surface area contributed by atoms with Crippen molar-refractivity contribution in [3.05, 3.63) is 59.2 Å². The SMILES string of the molecule is Cc1cc(NCC(=O)c2cccc(S(=O)(=O)N3CCCC3)c2)ccc1C(C)C. The Bertz CT molecular complexity index is 961. The molecular formula is C22H28N2O3S. The molecule has 0 unspecified atom stereocenters. The van der Waals surface area contributed by atoms with Gasteiger partial charge in [0.1, 0.15) is 0 Å². The van der Waals surface area contributed by atoms with E-state index in [0.717, 1.165) is 18.5 Å². The lowest BCUT2D eigenvalue weighted by molar-refractivity contribution is 0.101. The van der Waals surface area contributed by atoms with Gasteiger partial charge in [0.15, 0.2) is 5.78 Å². The van der Waals surface area contributed by atoms with Crippen LogP contribution in [0.3, 0.4) is 0 Å². The Morgan fingerprint density at radius 3 is 2.46 bits per heavy atom. The van der Waals surface area contributed by atoms with Crippen molar-refractivity contribution in [2.24, 2.45) is 0 Å². The second-order valence-corrected chi connectivity index (χ2v) is 9.58. The van der Waals surface area contributed by atoms with Gasteiger partial charge in [-0.25, -0.2) is 8.42 Å². The van der Waals surface area contributed by atoms with E-state index >= 15 is 0 Å². The Balaban J connectivity index is 1.71. The molecule has 2 aromatic rings. The van der Waals surface area contributed by atoms with Gasteiger partial charge in [0.05, 0.1) is 11.4 Å². The molecule has 0 saturated carbocycles. The summed E-state index contributed by atoms with van der Waals surface area (Å²) in [7, 11) is -3.52. The first-order valence-electron chi connectivity index (χ1n) is 9.77. The molecule has 1 fully saturated rings. The molecule has 1 heterocycles. The third-order valence-electron chi connectivity index (χ3n) is 5.20. The predicted molar refractivity (Wildman–Crippen MR) is 113 cm³/mol. The summed E-state index contributed by atoms with van der Waals surface area (Å²) in [6, 6.07) is 12.4. The van der Waals surface area contributed by atoms with Crippen LogP contribution in [0.15, 0.2) is 47.4 Å². The number of benzene rings is 2. The molecule has 0 bridgehead atoms. The number of rotatable bonds is 7. The minimum atomic E-state index is -3.52. The summed E-state index contributed by atoms with van der Waals surface area (Å²) < 4.78 is 26.9. The third kappa shape index (κ3) is 4.45. The normalized spacial score (nSPS) is 15.1. The maximum atomic E-state index is 12.7. The van der Waals surface area contributed by atoms with Gasteiger partial charge in [-0.3, -0.25) is 4.79 Å². The van der Waals surface area contributed by atoms with E-state index in [4.69, 9.17) is 0 Å². The highest BCUT2D eigenvalue weighted by Gasteiger charge is 2.27. The second kappa shape index (κ2) is 8.45.